The van der Waals surface area contributed by atoms with E-state index in [1.165, 1.54) is 11.1 Å². The van der Waals surface area contributed by atoms with Crippen LogP contribution in [0.25, 0.3) is 34.1 Å². The summed E-state index contributed by atoms with van der Waals surface area (Å²) < 4.78 is 6.08. The zero-order valence-corrected chi connectivity index (χ0v) is 13.5. The van der Waals surface area contributed by atoms with Crippen molar-refractivity contribution in [1.82, 2.24) is 0 Å². The molecule has 0 atom stereocenters. The summed E-state index contributed by atoms with van der Waals surface area (Å²) in [6.45, 7) is 8.30. The van der Waals surface area contributed by atoms with E-state index in [4.69, 9.17) is 10.2 Å². The summed E-state index contributed by atoms with van der Waals surface area (Å²) in [6.07, 6.45) is 4.22. The fraction of sp³-hybridized carbons (Fsp3) is 0.200. The molecule has 2 aromatic carbocycles. The lowest BCUT2D eigenvalue weighted by atomic mass is 9.99. The Morgan fingerprint density at radius 3 is 2.32 bits per heavy atom. The first kappa shape index (κ1) is 14.5. The summed E-state index contributed by atoms with van der Waals surface area (Å²) in [5, 5.41) is 2.24. The van der Waals surface area contributed by atoms with E-state index in [0.717, 1.165) is 38.8 Å². The first-order valence-electron chi connectivity index (χ1n) is 7.51. The lowest BCUT2D eigenvalue weighted by Crippen LogP contribution is -1.95. The van der Waals surface area contributed by atoms with Crippen LogP contribution >= 0.6 is 0 Å². The molecule has 0 aliphatic carbocycles. The van der Waals surface area contributed by atoms with E-state index in [1.54, 1.807) is 0 Å². The maximum Gasteiger partial charge on any atom is 0.144 e. The number of fused-ring (bicyclic) bond motifs is 3. The molecular weight excluding hydrogens is 270 g/mol. The lowest BCUT2D eigenvalue weighted by molar-refractivity contribution is 0.668. The van der Waals surface area contributed by atoms with Crippen LogP contribution in [-0.4, -0.2) is 0 Å². The first-order valence-corrected chi connectivity index (χ1v) is 7.51. The molecule has 0 bridgehead atoms. The standard InChI is InChI=1S/C20H21NO/c1-12(2)9-14-11-16-15-7-5-6-8-18(15)22-20(16)17(19(14)21)10-13(3)4/h5-11H,21H2,1-4H3. The quantitative estimate of drug-likeness (QED) is 0.587. The van der Waals surface area contributed by atoms with Gasteiger partial charge in [-0.3, -0.25) is 0 Å². The maximum absolute atomic E-state index is 6.42. The van der Waals surface area contributed by atoms with Crippen molar-refractivity contribution >= 4 is 39.8 Å². The minimum atomic E-state index is 0.772. The Morgan fingerprint density at radius 1 is 0.955 bits per heavy atom. The molecule has 3 rings (SSSR count). The van der Waals surface area contributed by atoms with Crippen LogP contribution in [0.5, 0.6) is 0 Å². The van der Waals surface area contributed by atoms with Crippen LogP contribution in [-0.2, 0) is 0 Å². The van der Waals surface area contributed by atoms with E-state index < -0.39 is 0 Å². The smallest absolute Gasteiger partial charge is 0.144 e. The summed E-state index contributed by atoms with van der Waals surface area (Å²) in [5.74, 6) is 0. The minimum Gasteiger partial charge on any atom is -0.455 e. The zero-order valence-electron chi connectivity index (χ0n) is 13.5. The van der Waals surface area contributed by atoms with Gasteiger partial charge < -0.3 is 10.2 Å². The molecule has 0 fully saturated rings. The van der Waals surface area contributed by atoms with Crippen LogP contribution in [0.4, 0.5) is 5.69 Å². The number of benzene rings is 2. The third-order valence-electron chi connectivity index (χ3n) is 3.66. The van der Waals surface area contributed by atoms with Gasteiger partial charge in [0.2, 0.25) is 0 Å². The van der Waals surface area contributed by atoms with E-state index >= 15 is 0 Å². The van der Waals surface area contributed by atoms with Crippen LogP contribution in [0.15, 0.2) is 45.9 Å². The molecule has 2 nitrogen and oxygen atoms in total. The van der Waals surface area contributed by atoms with Crippen molar-refractivity contribution in [3.8, 4) is 0 Å². The maximum atomic E-state index is 6.42. The van der Waals surface area contributed by atoms with Gasteiger partial charge in [0.25, 0.3) is 0 Å². The Kier molecular flexibility index (Phi) is 3.53. The second-order valence-electron chi connectivity index (χ2n) is 6.21. The van der Waals surface area contributed by atoms with Crippen molar-refractivity contribution in [2.45, 2.75) is 27.7 Å². The van der Waals surface area contributed by atoms with E-state index in [9.17, 15) is 0 Å². The molecule has 0 unspecified atom stereocenters. The number of anilines is 1. The summed E-state index contributed by atoms with van der Waals surface area (Å²) in [7, 11) is 0. The normalized spacial score (nSPS) is 10.9. The minimum absolute atomic E-state index is 0.772. The number of para-hydroxylation sites is 1. The van der Waals surface area contributed by atoms with Gasteiger partial charge >= 0.3 is 0 Å². The number of hydrogen-bond acceptors (Lipinski definition) is 2. The van der Waals surface area contributed by atoms with Gasteiger partial charge in [-0.05, 0) is 45.4 Å². The second-order valence-corrected chi connectivity index (χ2v) is 6.21. The van der Waals surface area contributed by atoms with Crippen molar-refractivity contribution in [3.63, 3.8) is 0 Å². The van der Waals surface area contributed by atoms with Crippen molar-refractivity contribution in [3.05, 3.63) is 52.6 Å². The van der Waals surface area contributed by atoms with Crippen LogP contribution < -0.4 is 5.73 Å². The van der Waals surface area contributed by atoms with Gasteiger partial charge in [0.1, 0.15) is 11.2 Å². The Balaban J connectivity index is 2.49. The van der Waals surface area contributed by atoms with Gasteiger partial charge in [-0.15, -0.1) is 0 Å². The van der Waals surface area contributed by atoms with E-state index in [2.05, 4.69) is 52.0 Å². The van der Waals surface area contributed by atoms with Crippen molar-refractivity contribution in [1.29, 1.82) is 0 Å². The zero-order chi connectivity index (χ0) is 15.9. The molecule has 22 heavy (non-hydrogen) atoms. The molecule has 0 aliphatic rings. The van der Waals surface area contributed by atoms with Gasteiger partial charge in [-0.2, -0.15) is 0 Å². The number of rotatable bonds is 2. The fourth-order valence-electron chi connectivity index (χ4n) is 2.78. The van der Waals surface area contributed by atoms with Crippen LogP contribution in [0.2, 0.25) is 0 Å². The monoisotopic (exact) mass is 291 g/mol. The number of nitrogen functional groups attached to an aromatic ring is 1. The highest BCUT2D eigenvalue weighted by Gasteiger charge is 2.14. The van der Waals surface area contributed by atoms with Crippen LogP contribution in [0.3, 0.4) is 0 Å². The third kappa shape index (κ3) is 2.41. The summed E-state index contributed by atoms with van der Waals surface area (Å²) in [5.41, 5.74) is 13.4. The number of hydrogen-bond donors (Lipinski definition) is 1. The molecule has 0 saturated carbocycles. The molecule has 3 aromatic rings. The molecule has 0 saturated heterocycles. The Labute approximate surface area is 130 Å². The van der Waals surface area contributed by atoms with Crippen molar-refractivity contribution in [2.75, 3.05) is 5.73 Å². The molecule has 1 heterocycles. The Morgan fingerprint density at radius 2 is 1.64 bits per heavy atom. The molecule has 0 aliphatic heterocycles. The highest BCUT2D eigenvalue weighted by molar-refractivity contribution is 6.10. The Bertz CT molecular complexity index is 918. The molecule has 112 valence electrons. The highest BCUT2D eigenvalue weighted by Crippen LogP contribution is 2.37. The number of allylic oxidation sites excluding steroid dienone is 2. The summed E-state index contributed by atoms with van der Waals surface area (Å²) in [6, 6.07) is 10.3. The topological polar surface area (TPSA) is 39.2 Å². The van der Waals surface area contributed by atoms with Crippen LogP contribution in [0, 0.1) is 0 Å². The van der Waals surface area contributed by atoms with Crippen molar-refractivity contribution < 1.29 is 4.42 Å². The molecule has 1 aromatic heterocycles. The SMILES string of the molecule is CC(C)=Cc1cc2c(oc3ccccc32)c(C=C(C)C)c1N. The molecule has 0 spiro atoms. The molecule has 0 amide bonds. The molecule has 2 N–H and O–H groups in total. The lowest BCUT2D eigenvalue weighted by Gasteiger charge is -2.08. The van der Waals surface area contributed by atoms with Crippen molar-refractivity contribution in [2.24, 2.45) is 0 Å². The summed E-state index contributed by atoms with van der Waals surface area (Å²) >= 11 is 0. The van der Waals surface area contributed by atoms with E-state index in [0.29, 0.717) is 0 Å². The van der Waals surface area contributed by atoms with E-state index in [-0.39, 0.29) is 0 Å². The van der Waals surface area contributed by atoms with Gasteiger partial charge in [-0.25, -0.2) is 0 Å². The highest BCUT2D eigenvalue weighted by atomic mass is 16.3. The average Bonchev–Trinajstić information content (AvgIpc) is 2.81. The summed E-state index contributed by atoms with van der Waals surface area (Å²) in [4.78, 5) is 0. The predicted octanol–water partition coefficient (Wildman–Crippen LogP) is 6.01. The number of furan rings is 1. The van der Waals surface area contributed by atoms with E-state index in [1.807, 2.05) is 18.2 Å². The van der Waals surface area contributed by atoms with Gasteiger partial charge in [0.05, 0.1) is 0 Å². The predicted molar refractivity (Wildman–Crippen MR) is 96.8 cm³/mol. The fourth-order valence-corrected chi connectivity index (χ4v) is 2.78. The van der Waals surface area contributed by atoms with Gasteiger partial charge in [0, 0.05) is 22.0 Å². The van der Waals surface area contributed by atoms with Gasteiger partial charge in [-0.1, -0.05) is 41.5 Å². The average molecular weight is 291 g/mol. The Hall–Kier alpha value is -2.48. The van der Waals surface area contributed by atoms with Crippen LogP contribution in [0.1, 0.15) is 38.8 Å². The van der Waals surface area contributed by atoms with Gasteiger partial charge in [0.15, 0.2) is 0 Å². The molecule has 2 heteroatoms. The first-order chi connectivity index (χ1) is 10.5. The third-order valence-corrected chi connectivity index (χ3v) is 3.66. The number of nitrogens with two attached hydrogens (primary N) is 1. The largest absolute Gasteiger partial charge is 0.455 e. The molecular formula is C20H21NO. The molecule has 0 radical (unpaired) electrons. The second kappa shape index (κ2) is 5.38.